The largest absolute Gasteiger partial charge is 0.434 e. The fourth-order valence-corrected chi connectivity index (χ4v) is 2.51. The second-order valence-corrected chi connectivity index (χ2v) is 5.27. The molecule has 6 heteroatoms. The van der Waals surface area contributed by atoms with Crippen LogP contribution in [0.25, 0.3) is 22.6 Å². The van der Waals surface area contributed by atoms with Crippen molar-refractivity contribution in [2.45, 2.75) is 0 Å². The molecular weight excluding hydrogens is 307 g/mol. The van der Waals surface area contributed by atoms with Gasteiger partial charge in [-0.05, 0) is 30.3 Å². The van der Waals surface area contributed by atoms with Gasteiger partial charge in [-0.1, -0.05) is 34.8 Å². The predicted octanol–water partition coefficient (Wildman–Crippen LogP) is 5.04. The summed E-state index contributed by atoms with van der Waals surface area (Å²) < 4.78 is 5.64. The van der Waals surface area contributed by atoms with Gasteiger partial charge < -0.3 is 10.2 Å². The van der Waals surface area contributed by atoms with Crippen LogP contribution in [0.5, 0.6) is 0 Å². The second-order valence-electron chi connectivity index (χ2n) is 3.99. The Morgan fingerprint density at radius 2 is 1.79 bits per heavy atom. The van der Waals surface area contributed by atoms with E-state index in [2.05, 4.69) is 4.98 Å². The number of nitrogens with zero attached hydrogens (tertiary/aromatic N) is 1. The quantitative estimate of drug-likeness (QED) is 0.640. The Balaban J connectivity index is 2.23. The van der Waals surface area contributed by atoms with E-state index in [1.165, 1.54) is 0 Å². The molecule has 0 aliphatic carbocycles. The number of nitrogens with two attached hydrogens (primary N) is 1. The highest BCUT2D eigenvalue weighted by Crippen LogP contribution is 2.34. The summed E-state index contributed by atoms with van der Waals surface area (Å²) in [5, 5.41) is 1.47. The smallest absolute Gasteiger partial charge is 0.229 e. The van der Waals surface area contributed by atoms with Crippen LogP contribution in [0.4, 0.5) is 5.69 Å². The third-order valence-electron chi connectivity index (χ3n) is 2.65. The first-order valence-corrected chi connectivity index (χ1v) is 6.49. The molecule has 19 heavy (non-hydrogen) atoms. The Hall–Kier alpha value is -1.42. The van der Waals surface area contributed by atoms with Crippen molar-refractivity contribution in [3.8, 4) is 11.5 Å². The molecule has 0 bridgehead atoms. The minimum Gasteiger partial charge on any atom is -0.434 e. The van der Waals surface area contributed by atoms with Crippen molar-refractivity contribution in [1.29, 1.82) is 0 Å². The van der Waals surface area contributed by atoms with Crippen molar-refractivity contribution >= 4 is 51.6 Å². The summed E-state index contributed by atoms with van der Waals surface area (Å²) in [4.78, 5) is 4.34. The molecule has 0 saturated carbocycles. The molecule has 0 fully saturated rings. The SMILES string of the molecule is Nc1cc(Cl)ccc1-c1nc2cc(Cl)cc(Cl)c2o1. The van der Waals surface area contributed by atoms with Crippen LogP contribution >= 0.6 is 34.8 Å². The lowest BCUT2D eigenvalue weighted by atomic mass is 10.2. The van der Waals surface area contributed by atoms with Gasteiger partial charge in [-0.2, -0.15) is 0 Å². The van der Waals surface area contributed by atoms with Crippen LogP contribution in [-0.2, 0) is 0 Å². The zero-order valence-electron chi connectivity index (χ0n) is 9.45. The van der Waals surface area contributed by atoms with Gasteiger partial charge in [0, 0.05) is 15.7 Å². The summed E-state index contributed by atoms with van der Waals surface area (Å²) in [5.74, 6) is 0.383. The highest BCUT2D eigenvalue weighted by molar-refractivity contribution is 6.38. The molecule has 0 radical (unpaired) electrons. The summed E-state index contributed by atoms with van der Waals surface area (Å²) in [6.45, 7) is 0. The van der Waals surface area contributed by atoms with Crippen molar-refractivity contribution in [3.05, 3.63) is 45.4 Å². The van der Waals surface area contributed by atoms with Gasteiger partial charge in [0.2, 0.25) is 5.89 Å². The van der Waals surface area contributed by atoms with E-state index in [1.54, 1.807) is 30.3 Å². The van der Waals surface area contributed by atoms with E-state index in [1.807, 2.05) is 0 Å². The average Bonchev–Trinajstić information content (AvgIpc) is 2.72. The van der Waals surface area contributed by atoms with Gasteiger partial charge in [0.15, 0.2) is 5.58 Å². The summed E-state index contributed by atoms with van der Waals surface area (Å²) in [6, 6.07) is 8.39. The fraction of sp³-hybridized carbons (Fsp3) is 0. The van der Waals surface area contributed by atoms with E-state index in [-0.39, 0.29) is 0 Å². The second kappa shape index (κ2) is 4.60. The molecule has 3 nitrogen and oxygen atoms in total. The number of benzene rings is 2. The fourth-order valence-electron chi connectivity index (χ4n) is 1.80. The number of hydrogen-bond donors (Lipinski definition) is 1. The summed E-state index contributed by atoms with van der Waals surface area (Å²) >= 11 is 17.8. The van der Waals surface area contributed by atoms with Crippen LogP contribution in [0.2, 0.25) is 15.1 Å². The maximum absolute atomic E-state index is 6.06. The molecule has 2 aromatic carbocycles. The summed E-state index contributed by atoms with van der Waals surface area (Å²) in [5.41, 5.74) is 8.11. The normalized spacial score (nSPS) is 11.1. The molecule has 0 aliphatic heterocycles. The minimum absolute atomic E-state index is 0.383. The lowest BCUT2D eigenvalue weighted by Gasteiger charge is -2.00. The Bertz CT molecular complexity index is 783. The number of anilines is 1. The molecule has 0 atom stereocenters. The van der Waals surface area contributed by atoms with E-state index < -0.39 is 0 Å². The number of hydrogen-bond acceptors (Lipinski definition) is 3. The van der Waals surface area contributed by atoms with E-state index >= 15 is 0 Å². The van der Waals surface area contributed by atoms with Gasteiger partial charge in [0.05, 0.1) is 10.6 Å². The number of aromatic nitrogens is 1. The van der Waals surface area contributed by atoms with Crippen LogP contribution < -0.4 is 5.73 Å². The number of oxazole rings is 1. The van der Waals surface area contributed by atoms with Gasteiger partial charge in [-0.25, -0.2) is 4.98 Å². The minimum atomic E-state index is 0.383. The maximum atomic E-state index is 6.06. The number of rotatable bonds is 1. The van der Waals surface area contributed by atoms with E-state index in [4.69, 9.17) is 45.0 Å². The first kappa shape index (κ1) is 12.6. The van der Waals surface area contributed by atoms with Gasteiger partial charge in [-0.3, -0.25) is 0 Å². The molecule has 3 aromatic rings. The van der Waals surface area contributed by atoms with Crippen LogP contribution in [0.15, 0.2) is 34.7 Å². The summed E-state index contributed by atoms with van der Waals surface area (Å²) in [7, 11) is 0. The van der Waals surface area contributed by atoms with Crippen molar-refractivity contribution in [2.24, 2.45) is 0 Å². The van der Waals surface area contributed by atoms with Crippen LogP contribution in [0.1, 0.15) is 0 Å². The number of nitrogen functional groups attached to an aromatic ring is 1. The Morgan fingerprint density at radius 3 is 2.53 bits per heavy atom. The molecule has 1 heterocycles. The zero-order valence-corrected chi connectivity index (χ0v) is 11.7. The molecule has 0 amide bonds. The van der Waals surface area contributed by atoms with Gasteiger partial charge in [0.25, 0.3) is 0 Å². The standard InChI is InChI=1S/C13H7Cl3N2O/c14-6-1-2-8(10(17)4-6)13-18-11-5-7(15)3-9(16)12(11)19-13/h1-5H,17H2. The molecule has 2 N–H and O–H groups in total. The maximum Gasteiger partial charge on any atom is 0.229 e. The molecule has 0 saturated heterocycles. The number of fused-ring (bicyclic) bond motifs is 1. The highest BCUT2D eigenvalue weighted by Gasteiger charge is 2.14. The van der Waals surface area contributed by atoms with Crippen molar-refractivity contribution in [2.75, 3.05) is 5.73 Å². The first-order valence-electron chi connectivity index (χ1n) is 5.35. The third-order valence-corrected chi connectivity index (χ3v) is 3.39. The Kier molecular flexibility index (Phi) is 3.05. The topological polar surface area (TPSA) is 52.0 Å². The molecule has 0 spiro atoms. The third kappa shape index (κ3) is 2.25. The monoisotopic (exact) mass is 312 g/mol. The lowest BCUT2D eigenvalue weighted by molar-refractivity contribution is 0.620. The van der Waals surface area contributed by atoms with Crippen LogP contribution in [0.3, 0.4) is 0 Å². The molecule has 0 aliphatic rings. The van der Waals surface area contributed by atoms with Crippen molar-refractivity contribution in [1.82, 2.24) is 4.98 Å². The predicted molar refractivity (Wildman–Crippen MR) is 78.9 cm³/mol. The number of halogens is 3. The molecule has 0 unspecified atom stereocenters. The lowest BCUT2D eigenvalue weighted by Crippen LogP contribution is -1.89. The first-order chi connectivity index (χ1) is 9.04. The van der Waals surface area contributed by atoms with E-state index in [0.29, 0.717) is 43.3 Å². The molecule has 1 aromatic heterocycles. The van der Waals surface area contributed by atoms with Gasteiger partial charge in [0.1, 0.15) is 5.52 Å². The Labute approximate surface area is 123 Å². The van der Waals surface area contributed by atoms with Crippen LogP contribution in [0, 0.1) is 0 Å². The van der Waals surface area contributed by atoms with Crippen LogP contribution in [-0.4, -0.2) is 4.98 Å². The average molecular weight is 314 g/mol. The molecular formula is C13H7Cl3N2O. The highest BCUT2D eigenvalue weighted by atomic mass is 35.5. The molecule has 96 valence electrons. The van der Waals surface area contributed by atoms with Gasteiger partial charge >= 0.3 is 0 Å². The van der Waals surface area contributed by atoms with E-state index in [9.17, 15) is 0 Å². The Morgan fingerprint density at radius 1 is 1.00 bits per heavy atom. The van der Waals surface area contributed by atoms with Gasteiger partial charge in [-0.15, -0.1) is 0 Å². The zero-order chi connectivity index (χ0) is 13.6. The van der Waals surface area contributed by atoms with Crippen molar-refractivity contribution < 1.29 is 4.42 Å². The molecule has 3 rings (SSSR count). The van der Waals surface area contributed by atoms with E-state index in [0.717, 1.165) is 0 Å². The summed E-state index contributed by atoms with van der Waals surface area (Å²) in [6.07, 6.45) is 0. The van der Waals surface area contributed by atoms with Crippen molar-refractivity contribution in [3.63, 3.8) is 0 Å².